The van der Waals surface area contributed by atoms with E-state index < -0.39 is 16.4 Å². The van der Waals surface area contributed by atoms with Crippen LogP contribution in [0.3, 0.4) is 0 Å². The number of carbonyl (C=O) groups excluding carboxylic acids is 1. The normalized spacial score (nSPS) is 18.9. The minimum Gasteiger partial charge on any atom is -0.332 e. The molecule has 0 unspecified atom stereocenters. The smallest absolute Gasteiger partial charge is 0.322 e. The number of nitro groups is 1. The van der Waals surface area contributed by atoms with Crippen molar-refractivity contribution >= 4 is 11.6 Å². The topological polar surface area (TPSA) is 125 Å². The first-order chi connectivity index (χ1) is 12.0. The van der Waals surface area contributed by atoms with Gasteiger partial charge in [0.1, 0.15) is 11.2 Å². The van der Waals surface area contributed by atoms with Crippen molar-refractivity contribution in [3.8, 4) is 6.07 Å². The SMILES string of the molecule is CCc1[nH]nc(C(=O)N[C@]2(C#N)CCc3ccccc3C2)c1[N+](=O)[O-]. The highest BCUT2D eigenvalue weighted by Crippen LogP contribution is 2.29. The van der Waals surface area contributed by atoms with E-state index in [-0.39, 0.29) is 17.1 Å². The van der Waals surface area contributed by atoms with Crippen LogP contribution in [0.25, 0.3) is 0 Å². The molecule has 2 aromatic rings. The maximum atomic E-state index is 12.6. The second-order valence-corrected chi connectivity index (χ2v) is 6.10. The van der Waals surface area contributed by atoms with Crippen molar-refractivity contribution in [1.29, 1.82) is 5.26 Å². The fourth-order valence-electron chi connectivity index (χ4n) is 3.22. The van der Waals surface area contributed by atoms with Crippen molar-refractivity contribution in [3.05, 3.63) is 56.9 Å². The molecule has 1 atom stereocenters. The van der Waals surface area contributed by atoms with E-state index in [0.29, 0.717) is 25.7 Å². The van der Waals surface area contributed by atoms with Crippen LogP contribution in [-0.4, -0.2) is 26.6 Å². The van der Waals surface area contributed by atoms with Gasteiger partial charge in [-0.05, 0) is 30.4 Å². The van der Waals surface area contributed by atoms with E-state index >= 15 is 0 Å². The number of fused-ring (bicyclic) bond motifs is 1. The second kappa shape index (κ2) is 6.36. The van der Waals surface area contributed by atoms with Crippen molar-refractivity contribution < 1.29 is 9.72 Å². The standard InChI is InChI=1S/C17H17N5O3/c1-2-13-15(22(24)25)14(21-20-13)16(23)19-17(10-18)8-7-11-5-3-4-6-12(11)9-17/h3-6H,2,7-9H2,1H3,(H,19,23)(H,20,21)/t17-/m1/s1. The molecule has 0 aliphatic heterocycles. The predicted octanol–water partition coefficient (Wildman–Crippen LogP) is 2.06. The summed E-state index contributed by atoms with van der Waals surface area (Å²) >= 11 is 0. The van der Waals surface area contributed by atoms with Crippen molar-refractivity contribution in [3.63, 3.8) is 0 Å². The highest BCUT2D eigenvalue weighted by molar-refractivity contribution is 5.97. The Hall–Kier alpha value is -3.21. The van der Waals surface area contributed by atoms with Gasteiger partial charge in [0.05, 0.1) is 11.0 Å². The number of H-pyrrole nitrogens is 1. The number of nitriles is 1. The largest absolute Gasteiger partial charge is 0.332 e. The zero-order chi connectivity index (χ0) is 18.0. The van der Waals surface area contributed by atoms with Crippen LogP contribution in [-0.2, 0) is 19.3 Å². The zero-order valence-electron chi connectivity index (χ0n) is 13.7. The van der Waals surface area contributed by atoms with Crippen molar-refractivity contribution in [2.75, 3.05) is 0 Å². The summed E-state index contributed by atoms with van der Waals surface area (Å²) in [7, 11) is 0. The average Bonchev–Trinajstić information content (AvgIpc) is 3.06. The van der Waals surface area contributed by atoms with Gasteiger partial charge in [0.15, 0.2) is 0 Å². The second-order valence-electron chi connectivity index (χ2n) is 6.10. The first kappa shape index (κ1) is 16.6. The fourth-order valence-corrected chi connectivity index (χ4v) is 3.22. The number of aryl methyl sites for hydroxylation is 2. The number of nitrogens with zero attached hydrogens (tertiary/aromatic N) is 3. The van der Waals surface area contributed by atoms with Crippen LogP contribution in [0.15, 0.2) is 24.3 Å². The van der Waals surface area contributed by atoms with E-state index in [2.05, 4.69) is 21.6 Å². The first-order valence-corrected chi connectivity index (χ1v) is 8.02. The van der Waals surface area contributed by atoms with Gasteiger partial charge in [0, 0.05) is 6.42 Å². The number of aromatic amines is 1. The summed E-state index contributed by atoms with van der Waals surface area (Å²) in [5.41, 5.74) is 0.739. The van der Waals surface area contributed by atoms with Gasteiger partial charge in [-0.2, -0.15) is 10.4 Å². The number of rotatable bonds is 4. The minimum absolute atomic E-state index is 0.282. The quantitative estimate of drug-likeness (QED) is 0.651. The summed E-state index contributed by atoms with van der Waals surface area (Å²) in [6.45, 7) is 1.73. The molecular weight excluding hydrogens is 322 g/mol. The van der Waals surface area contributed by atoms with Crippen LogP contribution in [0.2, 0.25) is 0 Å². The van der Waals surface area contributed by atoms with Crippen LogP contribution in [0.1, 0.15) is 40.7 Å². The summed E-state index contributed by atoms with van der Waals surface area (Å²) < 4.78 is 0. The molecule has 128 valence electrons. The minimum atomic E-state index is -1.09. The molecule has 25 heavy (non-hydrogen) atoms. The molecule has 0 spiro atoms. The van der Waals surface area contributed by atoms with Crippen molar-refractivity contribution in [2.24, 2.45) is 0 Å². The fraction of sp³-hybridized carbons (Fsp3) is 0.353. The summed E-state index contributed by atoms with van der Waals surface area (Å²) in [5.74, 6) is -0.705. The molecule has 0 saturated heterocycles. The molecular formula is C17H17N5O3. The molecule has 0 saturated carbocycles. The predicted molar refractivity (Wildman–Crippen MR) is 88.9 cm³/mol. The molecule has 8 nitrogen and oxygen atoms in total. The number of amides is 1. The highest BCUT2D eigenvalue weighted by Gasteiger charge is 2.39. The zero-order valence-corrected chi connectivity index (χ0v) is 13.7. The van der Waals surface area contributed by atoms with Gasteiger partial charge in [-0.15, -0.1) is 0 Å². The number of hydrogen-bond acceptors (Lipinski definition) is 5. The lowest BCUT2D eigenvalue weighted by molar-refractivity contribution is -0.385. The molecule has 2 N–H and O–H groups in total. The Bertz CT molecular complexity index is 883. The Morgan fingerprint density at radius 2 is 2.20 bits per heavy atom. The molecule has 1 aromatic heterocycles. The van der Waals surface area contributed by atoms with Gasteiger partial charge in [-0.25, -0.2) is 0 Å². The van der Waals surface area contributed by atoms with Gasteiger partial charge in [0.25, 0.3) is 5.91 Å². The van der Waals surface area contributed by atoms with E-state index in [4.69, 9.17) is 0 Å². The van der Waals surface area contributed by atoms with Crippen LogP contribution < -0.4 is 5.32 Å². The molecule has 3 rings (SSSR count). The monoisotopic (exact) mass is 339 g/mol. The molecule has 1 amide bonds. The third kappa shape index (κ3) is 2.96. The van der Waals surface area contributed by atoms with E-state index in [1.165, 1.54) is 0 Å². The van der Waals surface area contributed by atoms with Crippen LogP contribution in [0.5, 0.6) is 0 Å². The Labute approximate surface area is 144 Å². The Kier molecular flexibility index (Phi) is 4.23. The molecule has 1 aromatic carbocycles. The Morgan fingerprint density at radius 1 is 1.48 bits per heavy atom. The molecule has 1 heterocycles. The van der Waals surface area contributed by atoms with Crippen molar-refractivity contribution in [2.45, 2.75) is 38.1 Å². The molecule has 8 heteroatoms. The Morgan fingerprint density at radius 3 is 2.84 bits per heavy atom. The van der Waals surface area contributed by atoms with Crippen LogP contribution in [0, 0.1) is 21.4 Å². The molecule has 1 aliphatic carbocycles. The highest BCUT2D eigenvalue weighted by atomic mass is 16.6. The third-order valence-electron chi connectivity index (χ3n) is 4.56. The van der Waals surface area contributed by atoms with Crippen LogP contribution in [0.4, 0.5) is 5.69 Å². The number of aromatic nitrogens is 2. The maximum Gasteiger partial charge on any atom is 0.322 e. The molecule has 0 bridgehead atoms. The lowest BCUT2D eigenvalue weighted by Gasteiger charge is -2.32. The van der Waals surface area contributed by atoms with Gasteiger partial charge in [-0.1, -0.05) is 31.2 Å². The summed E-state index contributed by atoms with van der Waals surface area (Å²) in [4.78, 5) is 23.2. The van der Waals surface area contributed by atoms with Crippen LogP contribution >= 0.6 is 0 Å². The molecule has 0 fully saturated rings. The van der Waals surface area contributed by atoms with E-state index in [1.807, 2.05) is 24.3 Å². The average molecular weight is 339 g/mol. The summed E-state index contributed by atoms with van der Waals surface area (Å²) in [6.07, 6.45) is 1.83. The number of hydrogen-bond donors (Lipinski definition) is 2. The lowest BCUT2D eigenvalue weighted by atomic mass is 9.78. The van der Waals surface area contributed by atoms with Gasteiger partial charge in [0.2, 0.25) is 5.69 Å². The van der Waals surface area contributed by atoms with Gasteiger partial charge in [-0.3, -0.25) is 20.0 Å². The number of benzene rings is 1. The van der Waals surface area contributed by atoms with E-state index in [1.54, 1.807) is 6.92 Å². The lowest BCUT2D eigenvalue weighted by Crippen LogP contribution is -2.51. The molecule has 1 aliphatic rings. The Balaban J connectivity index is 1.89. The van der Waals surface area contributed by atoms with Gasteiger partial charge >= 0.3 is 5.69 Å². The summed E-state index contributed by atoms with van der Waals surface area (Å²) in [6, 6.07) is 9.95. The van der Waals surface area contributed by atoms with E-state index in [9.17, 15) is 20.2 Å². The van der Waals surface area contributed by atoms with Crippen molar-refractivity contribution in [1.82, 2.24) is 15.5 Å². The maximum absolute atomic E-state index is 12.6. The summed E-state index contributed by atoms with van der Waals surface area (Å²) in [5, 5.41) is 30.0. The number of nitrogens with one attached hydrogen (secondary N) is 2. The number of carbonyl (C=O) groups is 1. The first-order valence-electron chi connectivity index (χ1n) is 8.02. The third-order valence-corrected chi connectivity index (χ3v) is 4.56. The van der Waals surface area contributed by atoms with Gasteiger partial charge < -0.3 is 5.32 Å². The van der Waals surface area contributed by atoms with E-state index in [0.717, 1.165) is 11.1 Å². The molecule has 0 radical (unpaired) electrons.